The molecule has 2 atom stereocenters. The minimum atomic E-state index is -1.02. The van der Waals surface area contributed by atoms with Gasteiger partial charge in [-0.1, -0.05) is 30.3 Å². The second-order valence-electron chi connectivity index (χ2n) is 6.92. The smallest absolute Gasteiger partial charge is 0.251 e. The molecule has 138 valence electrons. The van der Waals surface area contributed by atoms with Gasteiger partial charge in [-0.15, -0.1) is 0 Å². The number of likely N-dealkylation sites (tertiary alicyclic amines) is 1. The van der Waals surface area contributed by atoms with Crippen LogP contribution in [0.25, 0.3) is 0 Å². The molecule has 1 N–H and O–H groups in total. The van der Waals surface area contributed by atoms with Crippen molar-refractivity contribution in [3.63, 3.8) is 0 Å². The van der Waals surface area contributed by atoms with Crippen molar-refractivity contribution in [2.75, 3.05) is 25.9 Å². The molecule has 26 heavy (non-hydrogen) atoms. The van der Waals surface area contributed by atoms with Crippen molar-refractivity contribution in [1.29, 1.82) is 0 Å². The number of nitrogens with zero attached hydrogens (tertiary/aromatic N) is 1. The summed E-state index contributed by atoms with van der Waals surface area (Å²) in [5.41, 5.74) is 1.96. The molecule has 4 nitrogen and oxygen atoms in total. The van der Waals surface area contributed by atoms with Crippen molar-refractivity contribution in [2.24, 2.45) is 5.92 Å². The summed E-state index contributed by atoms with van der Waals surface area (Å²) in [4.78, 5) is 15.6. The largest absolute Gasteiger partial charge is 0.352 e. The third-order valence-corrected chi connectivity index (χ3v) is 5.79. The van der Waals surface area contributed by atoms with Crippen molar-refractivity contribution in [3.8, 4) is 0 Å². The Labute approximate surface area is 158 Å². The highest BCUT2D eigenvalue weighted by Gasteiger charge is 2.20. The second-order valence-corrected chi connectivity index (χ2v) is 8.30. The Hall–Kier alpha value is -1.98. The van der Waals surface area contributed by atoms with Crippen LogP contribution in [-0.2, 0) is 17.3 Å². The number of carbonyl (C=O) groups is 1. The molecule has 0 unspecified atom stereocenters. The van der Waals surface area contributed by atoms with Gasteiger partial charge in [-0.25, -0.2) is 0 Å². The molecule has 5 heteroatoms. The van der Waals surface area contributed by atoms with Gasteiger partial charge in [0.25, 0.3) is 5.91 Å². The van der Waals surface area contributed by atoms with Gasteiger partial charge in [-0.3, -0.25) is 13.9 Å². The van der Waals surface area contributed by atoms with Crippen LogP contribution in [0.2, 0.25) is 0 Å². The number of amides is 1. The Kier molecular flexibility index (Phi) is 6.58. The van der Waals surface area contributed by atoms with Crippen molar-refractivity contribution >= 4 is 16.7 Å². The predicted octanol–water partition coefficient (Wildman–Crippen LogP) is 3.07. The molecule has 2 aromatic rings. The number of carbonyl (C=O) groups excluding carboxylic acids is 1. The normalized spacial score (nSPS) is 19.0. The van der Waals surface area contributed by atoms with Gasteiger partial charge in [0.15, 0.2) is 0 Å². The number of hydrogen-bond acceptors (Lipinski definition) is 3. The van der Waals surface area contributed by atoms with Gasteiger partial charge in [-0.05, 0) is 55.1 Å². The monoisotopic (exact) mass is 370 g/mol. The van der Waals surface area contributed by atoms with E-state index in [1.54, 1.807) is 30.5 Å². The van der Waals surface area contributed by atoms with E-state index in [4.69, 9.17) is 0 Å². The lowest BCUT2D eigenvalue weighted by molar-refractivity contribution is 0.0930. The minimum Gasteiger partial charge on any atom is -0.352 e. The highest BCUT2D eigenvalue weighted by molar-refractivity contribution is 7.84. The summed E-state index contributed by atoms with van der Waals surface area (Å²) in [7, 11) is -1.02. The van der Waals surface area contributed by atoms with E-state index in [9.17, 15) is 9.00 Å². The minimum absolute atomic E-state index is 0.0568. The van der Waals surface area contributed by atoms with Crippen LogP contribution in [0.15, 0.2) is 59.5 Å². The molecule has 1 fully saturated rings. The Balaban J connectivity index is 1.49. The van der Waals surface area contributed by atoms with Crippen LogP contribution in [0, 0.1) is 5.92 Å². The summed E-state index contributed by atoms with van der Waals surface area (Å²) in [6.45, 7) is 3.81. The number of piperidine rings is 1. The molecule has 0 spiro atoms. The fraction of sp³-hybridized carbons (Fsp3) is 0.381. The maximum atomic E-state index is 12.3. The first kappa shape index (κ1) is 18.8. The van der Waals surface area contributed by atoms with Crippen molar-refractivity contribution in [3.05, 3.63) is 65.7 Å². The summed E-state index contributed by atoms with van der Waals surface area (Å²) in [5, 5.41) is 3.06. The molecule has 1 amide bonds. The highest BCUT2D eigenvalue weighted by atomic mass is 32.2. The highest BCUT2D eigenvalue weighted by Crippen LogP contribution is 2.18. The molecule has 2 aromatic carbocycles. The van der Waals surface area contributed by atoms with E-state index in [0.717, 1.165) is 31.0 Å². The van der Waals surface area contributed by atoms with Crippen molar-refractivity contribution in [1.82, 2.24) is 10.2 Å². The maximum absolute atomic E-state index is 12.3. The van der Waals surface area contributed by atoms with Gasteiger partial charge >= 0.3 is 0 Å². The zero-order valence-electron chi connectivity index (χ0n) is 15.2. The Morgan fingerprint density at radius 1 is 1.15 bits per heavy atom. The zero-order valence-corrected chi connectivity index (χ0v) is 16.0. The van der Waals surface area contributed by atoms with E-state index in [0.29, 0.717) is 18.0 Å². The Morgan fingerprint density at radius 3 is 2.58 bits per heavy atom. The fourth-order valence-corrected chi connectivity index (χ4v) is 3.96. The lowest BCUT2D eigenvalue weighted by Crippen LogP contribution is -2.40. The lowest BCUT2D eigenvalue weighted by atomic mass is 9.97. The Bertz CT molecular complexity index is 746. The number of rotatable bonds is 6. The molecule has 0 saturated carbocycles. The Morgan fingerprint density at radius 2 is 1.88 bits per heavy atom. The number of nitrogens with one attached hydrogen (secondary N) is 1. The van der Waals surface area contributed by atoms with Crippen LogP contribution in [0.4, 0.5) is 0 Å². The molecule has 1 aliphatic rings. The standard InChI is InChI=1S/C21H26N2O2S/c1-26(25)20-11-9-19(10-12-20)21(24)22-14-18-8-5-13-23(16-18)15-17-6-3-2-4-7-17/h2-4,6-7,9-12,18H,5,8,13-16H2,1H3,(H,22,24)/t18-,26-/m0/s1. The molecule has 0 aliphatic carbocycles. The lowest BCUT2D eigenvalue weighted by Gasteiger charge is -2.32. The summed E-state index contributed by atoms with van der Waals surface area (Å²) in [5.74, 6) is 0.428. The molecular weight excluding hydrogens is 344 g/mol. The van der Waals surface area contributed by atoms with E-state index in [-0.39, 0.29) is 5.91 Å². The first-order valence-electron chi connectivity index (χ1n) is 9.10. The van der Waals surface area contributed by atoms with Gasteiger partial charge in [0.1, 0.15) is 0 Å². The SMILES string of the molecule is C[S@](=O)c1ccc(C(=O)NC[C@@H]2CCCN(Cc3ccccc3)C2)cc1. The third-order valence-electron chi connectivity index (χ3n) is 4.85. The van der Waals surface area contributed by atoms with Crippen molar-refractivity contribution < 1.29 is 9.00 Å². The third kappa shape index (κ3) is 5.26. The second kappa shape index (κ2) is 9.10. The number of benzene rings is 2. The van der Waals surface area contributed by atoms with E-state index in [1.165, 1.54) is 12.0 Å². The van der Waals surface area contributed by atoms with Crippen LogP contribution < -0.4 is 5.32 Å². The van der Waals surface area contributed by atoms with Crippen LogP contribution in [0.1, 0.15) is 28.8 Å². The fourth-order valence-electron chi connectivity index (χ4n) is 3.44. The summed E-state index contributed by atoms with van der Waals surface area (Å²) < 4.78 is 11.4. The summed E-state index contributed by atoms with van der Waals surface area (Å²) in [6.07, 6.45) is 3.96. The van der Waals surface area contributed by atoms with Crippen LogP contribution >= 0.6 is 0 Å². The predicted molar refractivity (Wildman–Crippen MR) is 106 cm³/mol. The van der Waals surface area contributed by atoms with Gasteiger partial charge in [0.05, 0.1) is 0 Å². The van der Waals surface area contributed by atoms with Crippen molar-refractivity contribution in [2.45, 2.75) is 24.3 Å². The topological polar surface area (TPSA) is 49.4 Å². The molecule has 1 heterocycles. The first-order chi connectivity index (χ1) is 12.6. The zero-order chi connectivity index (χ0) is 18.4. The summed E-state index contributed by atoms with van der Waals surface area (Å²) >= 11 is 0. The van der Waals surface area contributed by atoms with Gasteiger partial charge in [0, 0.05) is 47.1 Å². The van der Waals surface area contributed by atoms with Gasteiger partial charge in [-0.2, -0.15) is 0 Å². The van der Waals surface area contributed by atoms with Crippen LogP contribution in [-0.4, -0.2) is 40.9 Å². The molecule has 0 radical (unpaired) electrons. The number of hydrogen-bond donors (Lipinski definition) is 1. The molecular formula is C21H26N2O2S. The average molecular weight is 371 g/mol. The van der Waals surface area contributed by atoms with E-state index < -0.39 is 10.8 Å². The molecule has 3 rings (SSSR count). The molecule has 0 aromatic heterocycles. The first-order valence-corrected chi connectivity index (χ1v) is 10.7. The van der Waals surface area contributed by atoms with Crippen LogP contribution in [0.5, 0.6) is 0 Å². The van der Waals surface area contributed by atoms with Crippen LogP contribution in [0.3, 0.4) is 0 Å². The quantitative estimate of drug-likeness (QED) is 0.850. The van der Waals surface area contributed by atoms with Gasteiger partial charge in [0.2, 0.25) is 0 Å². The summed E-state index contributed by atoms with van der Waals surface area (Å²) in [6, 6.07) is 17.5. The van der Waals surface area contributed by atoms with E-state index >= 15 is 0 Å². The van der Waals surface area contributed by atoms with E-state index in [2.05, 4.69) is 34.5 Å². The van der Waals surface area contributed by atoms with E-state index in [1.807, 2.05) is 6.07 Å². The maximum Gasteiger partial charge on any atom is 0.251 e. The van der Waals surface area contributed by atoms with Gasteiger partial charge < -0.3 is 5.32 Å². The molecule has 0 bridgehead atoms. The average Bonchev–Trinajstić information content (AvgIpc) is 2.67. The molecule has 1 saturated heterocycles. The molecule has 1 aliphatic heterocycles.